The van der Waals surface area contributed by atoms with Crippen molar-refractivity contribution >= 4 is 22.6 Å². The van der Waals surface area contributed by atoms with E-state index in [0.717, 1.165) is 29.8 Å². The first-order chi connectivity index (χ1) is 8.67. The van der Waals surface area contributed by atoms with Gasteiger partial charge < -0.3 is 5.32 Å². The molecule has 3 rings (SSSR count). The third-order valence-corrected chi connectivity index (χ3v) is 4.67. The molecule has 1 spiro atoms. The topological polar surface area (TPSA) is 24.4 Å². The molecule has 2 aliphatic rings. The fraction of sp³-hybridized carbons (Fsp3) is 0.462. The van der Waals surface area contributed by atoms with Crippen LogP contribution in [0.5, 0.6) is 0 Å². The van der Waals surface area contributed by atoms with Gasteiger partial charge in [-0.1, -0.05) is 24.6 Å². The molecule has 1 N–H and O–H groups in total. The van der Waals surface area contributed by atoms with Gasteiger partial charge in [-0.2, -0.15) is 0 Å². The van der Waals surface area contributed by atoms with Crippen molar-refractivity contribution in [3.8, 4) is 0 Å². The molecular formula is C13H14F2N2S. The van der Waals surface area contributed by atoms with Crippen molar-refractivity contribution in [3.05, 3.63) is 29.8 Å². The molecule has 1 heterocycles. The van der Waals surface area contributed by atoms with Crippen LogP contribution in [-0.4, -0.2) is 16.5 Å². The molecule has 0 amide bonds. The Bertz CT molecular complexity index is 496. The number of benzene rings is 1. The normalized spacial score (nSPS) is 21.3. The molecule has 0 unspecified atom stereocenters. The van der Waals surface area contributed by atoms with Crippen LogP contribution in [0.25, 0.3) is 0 Å². The molecule has 5 heteroatoms. The number of anilines is 1. The SMILES string of the molecule is Fc1ccc(NC2=NC3(CCCC3)CS2)c(F)c1. The molecule has 1 aromatic carbocycles. The Kier molecular flexibility index (Phi) is 3.01. The van der Waals surface area contributed by atoms with Gasteiger partial charge in [0.15, 0.2) is 5.17 Å². The van der Waals surface area contributed by atoms with Gasteiger partial charge in [0.2, 0.25) is 0 Å². The second-order valence-corrected chi connectivity index (χ2v) is 5.85. The molecule has 1 fully saturated rings. The summed E-state index contributed by atoms with van der Waals surface area (Å²) in [6.07, 6.45) is 4.69. The van der Waals surface area contributed by atoms with Crippen LogP contribution >= 0.6 is 11.8 Å². The Morgan fingerprint density at radius 1 is 1.22 bits per heavy atom. The monoisotopic (exact) mass is 268 g/mol. The molecule has 0 saturated heterocycles. The third kappa shape index (κ3) is 2.23. The number of nitrogens with zero attached hydrogens (tertiary/aromatic N) is 1. The first-order valence-corrected chi connectivity index (χ1v) is 7.10. The predicted molar refractivity (Wildman–Crippen MR) is 71.1 cm³/mol. The van der Waals surface area contributed by atoms with Gasteiger partial charge in [0, 0.05) is 11.8 Å². The quantitative estimate of drug-likeness (QED) is 0.838. The summed E-state index contributed by atoms with van der Waals surface area (Å²) in [5.74, 6) is -0.171. The average Bonchev–Trinajstić information content (AvgIpc) is 2.94. The molecule has 0 aromatic heterocycles. The summed E-state index contributed by atoms with van der Waals surface area (Å²) >= 11 is 1.62. The summed E-state index contributed by atoms with van der Waals surface area (Å²) in [5, 5.41) is 3.71. The molecule has 18 heavy (non-hydrogen) atoms. The van der Waals surface area contributed by atoms with Gasteiger partial charge in [-0.25, -0.2) is 8.78 Å². The first kappa shape index (κ1) is 12.0. The molecule has 1 aliphatic heterocycles. The largest absolute Gasteiger partial charge is 0.333 e. The maximum atomic E-state index is 13.5. The highest BCUT2D eigenvalue weighted by molar-refractivity contribution is 8.14. The van der Waals surface area contributed by atoms with Gasteiger partial charge in [0.1, 0.15) is 11.6 Å². The third-order valence-electron chi connectivity index (χ3n) is 3.52. The van der Waals surface area contributed by atoms with Crippen molar-refractivity contribution < 1.29 is 8.78 Å². The number of halogens is 2. The average molecular weight is 268 g/mol. The van der Waals surface area contributed by atoms with Crippen molar-refractivity contribution in [3.63, 3.8) is 0 Å². The zero-order valence-corrected chi connectivity index (χ0v) is 10.7. The maximum absolute atomic E-state index is 13.5. The lowest BCUT2D eigenvalue weighted by Gasteiger charge is -2.16. The van der Waals surface area contributed by atoms with Gasteiger partial charge in [-0.3, -0.25) is 4.99 Å². The molecule has 1 aliphatic carbocycles. The molecule has 0 radical (unpaired) electrons. The smallest absolute Gasteiger partial charge is 0.161 e. The van der Waals surface area contributed by atoms with E-state index in [1.165, 1.54) is 25.0 Å². The van der Waals surface area contributed by atoms with E-state index in [4.69, 9.17) is 0 Å². The van der Waals surface area contributed by atoms with Crippen molar-refractivity contribution in [2.75, 3.05) is 11.1 Å². The minimum Gasteiger partial charge on any atom is -0.333 e. The number of rotatable bonds is 1. The number of hydrogen-bond donors (Lipinski definition) is 1. The molecule has 1 aromatic rings. The van der Waals surface area contributed by atoms with E-state index in [1.54, 1.807) is 11.8 Å². The fourth-order valence-corrected chi connectivity index (χ4v) is 3.74. The Hall–Kier alpha value is -1.10. The minimum absolute atomic E-state index is 0.0729. The van der Waals surface area contributed by atoms with Crippen LogP contribution in [0.2, 0.25) is 0 Å². The maximum Gasteiger partial charge on any atom is 0.161 e. The Morgan fingerprint density at radius 3 is 2.72 bits per heavy atom. The predicted octanol–water partition coefficient (Wildman–Crippen LogP) is 3.79. The zero-order chi connectivity index (χ0) is 12.6. The second-order valence-electron chi connectivity index (χ2n) is 4.89. The Morgan fingerprint density at radius 2 is 2.00 bits per heavy atom. The van der Waals surface area contributed by atoms with Crippen molar-refractivity contribution in [2.24, 2.45) is 4.99 Å². The molecule has 2 nitrogen and oxygen atoms in total. The van der Waals surface area contributed by atoms with Gasteiger partial charge in [-0.05, 0) is 25.0 Å². The van der Waals surface area contributed by atoms with E-state index < -0.39 is 11.6 Å². The Labute approximate surface area is 109 Å². The minimum atomic E-state index is -0.578. The lowest BCUT2D eigenvalue weighted by Crippen LogP contribution is -2.21. The number of aliphatic imine (C=N–C) groups is 1. The highest BCUT2D eigenvalue weighted by Crippen LogP contribution is 2.41. The van der Waals surface area contributed by atoms with E-state index in [1.807, 2.05) is 0 Å². The van der Waals surface area contributed by atoms with Gasteiger partial charge in [0.25, 0.3) is 0 Å². The lowest BCUT2D eigenvalue weighted by molar-refractivity contribution is 0.508. The zero-order valence-electron chi connectivity index (χ0n) is 9.88. The summed E-state index contributed by atoms with van der Waals surface area (Å²) in [4.78, 5) is 4.69. The summed E-state index contributed by atoms with van der Waals surface area (Å²) in [7, 11) is 0. The number of amidine groups is 1. The Balaban J connectivity index is 1.77. The van der Waals surface area contributed by atoms with E-state index in [9.17, 15) is 8.78 Å². The molecule has 0 atom stereocenters. The van der Waals surface area contributed by atoms with Crippen molar-refractivity contribution in [1.29, 1.82) is 0 Å². The van der Waals surface area contributed by atoms with Crippen LogP contribution < -0.4 is 5.32 Å². The molecular weight excluding hydrogens is 254 g/mol. The number of thioether (sulfide) groups is 1. The van der Waals surface area contributed by atoms with E-state index in [-0.39, 0.29) is 11.2 Å². The van der Waals surface area contributed by atoms with Crippen LogP contribution in [0, 0.1) is 11.6 Å². The number of hydrogen-bond acceptors (Lipinski definition) is 3. The fourth-order valence-electron chi connectivity index (χ4n) is 2.54. The van der Waals surface area contributed by atoms with Crippen LogP contribution in [0.3, 0.4) is 0 Å². The van der Waals surface area contributed by atoms with Gasteiger partial charge in [-0.15, -0.1) is 0 Å². The van der Waals surface area contributed by atoms with Crippen LogP contribution in [0.15, 0.2) is 23.2 Å². The van der Waals surface area contributed by atoms with Crippen LogP contribution in [0.4, 0.5) is 14.5 Å². The van der Waals surface area contributed by atoms with E-state index in [2.05, 4.69) is 10.3 Å². The molecule has 0 bridgehead atoms. The summed E-state index contributed by atoms with van der Waals surface area (Å²) in [5.41, 5.74) is 0.362. The standard InChI is InChI=1S/C13H14F2N2S/c14-9-3-4-11(10(15)7-9)16-12-17-13(8-18-12)5-1-2-6-13/h3-4,7H,1-2,5-6,8H2,(H,16,17). The molecule has 96 valence electrons. The van der Waals surface area contributed by atoms with Crippen molar-refractivity contribution in [2.45, 2.75) is 31.2 Å². The summed E-state index contributed by atoms with van der Waals surface area (Å²) in [6, 6.07) is 3.54. The highest BCUT2D eigenvalue weighted by Gasteiger charge is 2.38. The van der Waals surface area contributed by atoms with Crippen LogP contribution in [0.1, 0.15) is 25.7 Å². The second kappa shape index (κ2) is 4.53. The first-order valence-electron chi connectivity index (χ1n) is 6.12. The van der Waals surface area contributed by atoms with E-state index in [0.29, 0.717) is 0 Å². The van der Waals surface area contributed by atoms with Crippen molar-refractivity contribution in [1.82, 2.24) is 0 Å². The number of nitrogens with one attached hydrogen (secondary N) is 1. The molecule has 1 saturated carbocycles. The van der Waals surface area contributed by atoms with E-state index >= 15 is 0 Å². The summed E-state index contributed by atoms with van der Waals surface area (Å²) in [6.45, 7) is 0. The van der Waals surface area contributed by atoms with Gasteiger partial charge in [0.05, 0.1) is 11.2 Å². The van der Waals surface area contributed by atoms with Crippen LogP contribution in [-0.2, 0) is 0 Å². The summed E-state index contributed by atoms with van der Waals surface area (Å²) < 4.78 is 26.3. The highest BCUT2D eigenvalue weighted by atomic mass is 32.2. The van der Waals surface area contributed by atoms with Gasteiger partial charge >= 0.3 is 0 Å². The lowest BCUT2D eigenvalue weighted by atomic mass is 10.0.